The van der Waals surface area contributed by atoms with E-state index in [1.54, 1.807) is 19.1 Å². The minimum Gasteiger partial charge on any atom is -0.481 e. The van der Waals surface area contributed by atoms with Crippen molar-refractivity contribution in [2.24, 2.45) is 0 Å². The number of aryl methyl sites for hydroxylation is 1. The van der Waals surface area contributed by atoms with Gasteiger partial charge in [0.25, 0.3) is 10.0 Å². The molecule has 0 bridgehead atoms. The number of carbonyl (C=O) groups excluding carboxylic acids is 1. The van der Waals surface area contributed by atoms with Gasteiger partial charge in [0.1, 0.15) is 10.8 Å². The third kappa shape index (κ3) is 4.20. The molecule has 10 heteroatoms. The number of aliphatic carboxylic acids is 2. The molecular weight excluding hydrogens is 398 g/mol. The van der Waals surface area contributed by atoms with E-state index >= 15 is 0 Å². The molecule has 2 rings (SSSR count). The van der Waals surface area contributed by atoms with Crippen molar-refractivity contribution < 1.29 is 33.0 Å². The van der Waals surface area contributed by atoms with Crippen molar-refractivity contribution in [3.8, 4) is 0 Å². The molecule has 0 aliphatic heterocycles. The van der Waals surface area contributed by atoms with Gasteiger partial charge < -0.3 is 10.2 Å². The van der Waals surface area contributed by atoms with E-state index in [9.17, 15) is 22.8 Å². The molecule has 2 N–H and O–H groups in total. The highest BCUT2D eigenvalue weighted by Gasteiger charge is 2.30. The Morgan fingerprint density at radius 3 is 2.19 bits per heavy atom. The van der Waals surface area contributed by atoms with Crippen LogP contribution in [0.1, 0.15) is 33.6 Å². The highest BCUT2D eigenvalue weighted by atomic mass is 35.5. The minimum atomic E-state index is -4.29. The SMILES string of the molecule is Cc1ccc(S(=O)(=O)n2c(Cl)c(CCC(=O)O)c(CC(=O)O)c2C=O)cc1. The third-order valence-electron chi connectivity index (χ3n) is 3.91. The second-order valence-electron chi connectivity index (χ2n) is 5.80. The number of halogens is 1. The maximum absolute atomic E-state index is 13.0. The summed E-state index contributed by atoms with van der Waals surface area (Å²) in [6.07, 6.45) is -1.08. The second-order valence-corrected chi connectivity index (χ2v) is 7.94. The molecule has 27 heavy (non-hydrogen) atoms. The zero-order chi connectivity index (χ0) is 20.4. The fourth-order valence-electron chi connectivity index (χ4n) is 2.63. The van der Waals surface area contributed by atoms with E-state index in [-0.39, 0.29) is 28.7 Å². The van der Waals surface area contributed by atoms with Crippen LogP contribution in [0, 0.1) is 6.92 Å². The standard InChI is InChI=1S/C17H16ClNO7S/c1-10-2-4-11(5-3-10)27(25,26)19-14(9-20)13(8-16(23)24)12(17(19)18)6-7-15(21)22/h2-5,9H,6-8H2,1H3,(H,21,22)(H,23,24). The van der Waals surface area contributed by atoms with Crippen molar-refractivity contribution in [2.45, 2.75) is 31.1 Å². The van der Waals surface area contributed by atoms with Gasteiger partial charge in [0, 0.05) is 6.42 Å². The number of benzene rings is 1. The molecule has 0 saturated heterocycles. The van der Waals surface area contributed by atoms with Crippen LogP contribution in [0.3, 0.4) is 0 Å². The summed E-state index contributed by atoms with van der Waals surface area (Å²) in [5, 5.41) is 17.6. The predicted molar refractivity (Wildman–Crippen MR) is 95.9 cm³/mol. The van der Waals surface area contributed by atoms with Crippen LogP contribution in [0.4, 0.5) is 0 Å². The zero-order valence-electron chi connectivity index (χ0n) is 14.2. The lowest BCUT2D eigenvalue weighted by atomic mass is 10.0. The lowest BCUT2D eigenvalue weighted by Gasteiger charge is -2.10. The normalized spacial score (nSPS) is 11.3. The molecule has 0 atom stereocenters. The molecule has 8 nitrogen and oxygen atoms in total. The predicted octanol–water partition coefficient (Wildman–Crippen LogP) is 2.14. The average molecular weight is 414 g/mol. The van der Waals surface area contributed by atoms with Crippen molar-refractivity contribution in [1.82, 2.24) is 3.97 Å². The van der Waals surface area contributed by atoms with Crippen LogP contribution in [0.25, 0.3) is 0 Å². The molecule has 0 saturated carbocycles. The average Bonchev–Trinajstić information content (AvgIpc) is 2.84. The Morgan fingerprint density at radius 2 is 1.70 bits per heavy atom. The summed E-state index contributed by atoms with van der Waals surface area (Å²) in [4.78, 5) is 33.5. The summed E-state index contributed by atoms with van der Waals surface area (Å²) in [5.41, 5.74) is 0.291. The molecule has 0 spiro atoms. The van der Waals surface area contributed by atoms with E-state index in [0.29, 0.717) is 3.97 Å². The van der Waals surface area contributed by atoms with E-state index in [4.69, 9.17) is 21.8 Å². The van der Waals surface area contributed by atoms with E-state index in [0.717, 1.165) is 5.56 Å². The molecule has 0 unspecified atom stereocenters. The summed E-state index contributed by atoms with van der Waals surface area (Å²) in [6, 6.07) is 5.80. The van der Waals surface area contributed by atoms with Crippen molar-refractivity contribution in [2.75, 3.05) is 0 Å². The number of hydrogen-bond donors (Lipinski definition) is 2. The lowest BCUT2D eigenvalue weighted by molar-refractivity contribution is -0.137. The van der Waals surface area contributed by atoms with Gasteiger partial charge in [-0.3, -0.25) is 14.4 Å². The molecule has 0 fully saturated rings. The van der Waals surface area contributed by atoms with Gasteiger partial charge in [-0.05, 0) is 36.6 Å². The van der Waals surface area contributed by atoms with Gasteiger partial charge in [0.05, 0.1) is 11.3 Å². The number of rotatable bonds is 8. The van der Waals surface area contributed by atoms with Gasteiger partial charge >= 0.3 is 11.9 Å². The molecule has 0 aliphatic rings. The van der Waals surface area contributed by atoms with Crippen LogP contribution in [0.15, 0.2) is 29.2 Å². The molecule has 144 valence electrons. The molecule has 0 radical (unpaired) electrons. The molecular formula is C17H16ClNO7S. The monoisotopic (exact) mass is 413 g/mol. The minimum absolute atomic E-state index is 0.0132. The summed E-state index contributed by atoms with van der Waals surface area (Å²) < 4.78 is 26.6. The van der Waals surface area contributed by atoms with Crippen molar-refractivity contribution in [3.63, 3.8) is 0 Å². The Kier molecular flexibility index (Phi) is 6.07. The lowest BCUT2D eigenvalue weighted by Crippen LogP contribution is -2.16. The first-order valence-electron chi connectivity index (χ1n) is 7.72. The van der Waals surface area contributed by atoms with Crippen LogP contribution < -0.4 is 0 Å². The van der Waals surface area contributed by atoms with Crippen molar-refractivity contribution in [3.05, 3.63) is 51.8 Å². The van der Waals surface area contributed by atoms with Crippen LogP contribution in [-0.4, -0.2) is 40.8 Å². The number of carboxylic acids is 2. The molecule has 0 aliphatic carbocycles. The quantitative estimate of drug-likeness (QED) is 0.634. The first-order valence-corrected chi connectivity index (χ1v) is 9.54. The van der Waals surface area contributed by atoms with Gasteiger partial charge in [-0.15, -0.1) is 0 Å². The van der Waals surface area contributed by atoms with Crippen LogP contribution >= 0.6 is 11.6 Å². The Morgan fingerprint density at radius 1 is 1.11 bits per heavy atom. The first kappa shape index (κ1) is 20.7. The smallest absolute Gasteiger partial charge is 0.307 e. The van der Waals surface area contributed by atoms with Gasteiger partial charge in [-0.25, -0.2) is 12.4 Å². The van der Waals surface area contributed by atoms with Crippen molar-refractivity contribution in [1.29, 1.82) is 0 Å². The topological polar surface area (TPSA) is 131 Å². The van der Waals surface area contributed by atoms with Gasteiger partial charge in [-0.2, -0.15) is 0 Å². The first-order chi connectivity index (χ1) is 12.6. The number of nitrogens with zero attached hydrogens (tertiary/aromatic N) is 1. The fourth-order valence-corrected chi connectivity index (χ4v) is 4.63. The number of hydrogen-bond acceptors (Lipinski definition) is 5. The summed E-state index contributed by atoms with van der Waals surface area (Å²) >= 11 is 6.19. The van der Waals surface area contributed by atoms with E-state index in [2.05, 4.69) is 0 Å². The van der Waals surface area contributed by atoms with E-state index < -0.39 is 45.7 Å². The van der Waals surface area contributed by atoms with Gasteiger partial charge in [-0.1, -0.05) is 29.3 Å². The fraction of sp³-hybridized carbons (Fsp3) is 0.235. The molecule has 1 aromatic heterocycles. The van der Waals surface area contributed by atoms with E-state index in [1.165, 1.54) is 12.1 Å². The van der Waals surface area contributed by atoms with Crippen molar-refractivity contribution >= 4 is 39.8 Å². The number of aldehydes is 1. The summed E-state index contributed by atoms with van der Waals surface area (Å²) in [7, 11) is -4.29. The summed E-state index contributed by atoms with van der Waals surface area (Å²) in [5.74, 6) is -2.48. The maximum atomic E-state index is 13.0. The Hall–Kier alpha value is -2.65. The Labute approximate surface area is 160 Å². The number of carbonyl (C=O) groups is 3. The van der Waals surface area contributed by atoms with Gasteiger partial charge in [0.2, 0.25) is 0 Å². The largest absolute Gasteiger partial charge is 0.481 e. The summed E-state index contributed by atoms with van der Waals surface area (Å²) in [6.45, 7) is 1.77. The maximum Gasteiger partial charge on any atom is 0.307 e. The highest BCUT2D eigenvalue weighted by molar-refractivity contribution is 7.90. The number of aromatic nitrogens is 1. The zero-order valence-corrected chi connectivity index (χ0v) is 15.7. The highest BCUT2D eigenvalue weighted by Crippen LogP contribution is 2.32. The molecule has 1 aromatic carbocycles. The second kappa shape index (κ2) is 7.93. The van der Waals surface area contributed by atoms with Crippen LogP contribution in [0.2, 0.25) is 5.15 Å². The molecule has 0 amide bonds. The van der Waals surface area contributed by atoms with Crippen LogP contribution in [0.5, 0.6) is 0 Å². The molecule has 2 aromatic rings. The molecule has 1 heterocycles. The van der Waals surface area contributed by atoms with Crippen LogP contribution in [-0.2, 0) is 32.5 Å². The third-order valence-corrected chi connectivity index (χ3v) is 6.13. The number of carboxylic acid groups (broad SMARTS) is 2. The Bertz CT molecular complexity index is 1010. The van der Waals surface area contributed by atoms with E-state index in [1.807, 2.05) is 0 Å². The van der Waals surface area contributed by atoms with Gasteiger partial charge in [0.15, 0.2) is 6.29 Å². The Balaban J connectivity index is 2.74.